The van der Waals surface area contributed by atoms with Crippen LogP contribution in [0.15, 0.2) is 70.7 Å². The van der Waals surface area contributed by atoms with E-state index in [0.717, 1.165) is 22.3 Å². The number of non-ortho nitro benzene ring substituents is 1. The summed E-state index contributed by atoms with van der Waals surface area (Å²) < 4.78 is 0.307. The Morgan fingerprint density at radius 3 is 2.59 bits per heavy atom. The molecule has 0 aliphatic carbocycles. The first-order valence-corrected chi connectivity index (χ1v) is 9.05. The Morgan fingerprint density at radius 1 is 1.11 bits per heavy atom. The monoisotopic (exact) mass is 395 g/mol. The van der Waals surface area contributed by atoms with Crippen molar-refractivity contribution in [1.29, 1.82) is 0 Å². The van der Waals surface area contributed by atoms with Gasteiger partial charge in [-0.1, -0.05) is 60.3 Å². The molecule has 6 nitrogen and oxygen atoms in total. The maximum absolute atomic E-state index is 12.5. The maximum Gasteiger partial charge on any atom is 0.286 e. The van der Waals surface area contributed by atoms with Gasteiger partial charge in [-0.15, -0.1) is 0 Å². The lowest BCUT2D eigenvalue weighted by molar-refractivity contribution is -0.384. The number of carbonyl (C=O) groups is 1. The Bertz CT molecular complexity index is 985. The van der Waals surface area contributed by atoms with E-state index >= 15 is 0 Å². The van der Waals surface area contributed by atoms with Crippen molar-refractivity contribution in [3.63, 3.8) is 0 Å². The van der Waals surface area contributed by atoms with Gasteiger partial charge in [0.25, 0.3) is 11.6 Å². The summed E-state index contributed by atoms with van der Waals surface area (Å²) in [7, 11) is 0. The zero-order chi connectivity index (χ0) is 19.2. The second-order valence-corrected chi connectivity index (χ2v) is 7.06. The lowest BCUT2D eigenvalue weighted by Gasteiger charge is -2.04. The number of allylic oxidation sites excluding steroid dienone is 1. The highest BCUT2D eigenvalue weighted by molar-refractivity contribution is 8.26. The van der Waals surface area contributed by atoms with Crippen LogP contribution in [0.1, 0.15) is 11.1 Å². The molecule has 0 aromatic heterocycles. The van der Waals surface area contributed by atoms with Crippen molar-refractivity contribution >= 4 is 58.3 Å². The van der Waals surface area contributed by atoms with Crippen LogP contribution in [0.3, 0.4) is 0 Å². The van der Waals surface area contributed by atoms with Gasteiger partial charge in [0, 0.05) is 18.3 Å². The predicted octanol–water partition coefficient (Wildman–Crippen LogP) is 4.50. The molecule has 1 heterocycles. The SMILES string of the molecule is O=C1/C(=C\c2cccc([N+](=O)[O-])c2)SC(=S)N1/N=C/C=C\c1ccccc1. The molecule has 0 atom stereocenters. The van der Waals surface area contributed by atoms with E-state index in [0.29, 0.717) is 14.8 Å². The van der Waals surface area contributed by atoms with Crippen LogP contribution in [0.2, 0.25) is 0 Å². The van der Waals surface area contributed by atoms with Gasteiger partial charge in [0.15, 0.2) is 4.32 Å². The molecule has 0 saturated carbocycles. The average Bonchev–Trinajstić information content (AvgIpc) is 2.93. The maximum atomic E-state index is 12.5. The lowest BCUT2D eigenvalue weighted by atomic mass is 10.2. The fraction of sp³-hybridized carbons (Fsp3) is 0. The standard InChI is InChI=1S/C19H13N3O3S2/c23-18-17(13-15-8-4-10-16(12-15)22(24)25)27-19(26)21(18)20-11-5-9-14-6-2-1-3-7-14/h1-13H/b9-5-,17-13+,20-11+. The van der Waals surface area contributed by atoms with Gasteiger partial charge in [-0.25, -0.2) is 0 Å². The van der Waals surface area contributed by atoms with E-state index in [-0.39, 0.29) is 11.6 Å². The summed E-state index contributed by atoms with van der Waals surface area (Å²) in [5, 5.41) is 16.1. The molecule has 0 radical (unpaired) electrons. The van der Waals surface area contributed by atoms with Crippen molar-refractivity contribution in [3.8, 4) is 0 Å². The minimum Gasteiger partial charge on any atom is -0.266 e. The Hall–Kier alpha value is -3.10. The Balaban J connectivity index is 1.73. The number of nitro groups is 1. The number of rotatable bonds is 5. The molecule has 0 spiro atoms. The second kappa shape index (κ2) is 8.52. The first kappa shape index (κ1) is 18.7. The van der Waals surface area contributed by atoms with Crippen LogP contribution in [-0.4, -0.2) is 26.4 Å². The molecule has 8 heteroatoms. The number of amides is 1. The predicted molar refractivity (Wildman–Crippen MR) is 112 cm³/mol. The molecule has 0 bridgehead atoms. The number of hydrazone groups is 1. The van der Waals surface area contributed by atoms with Crippen LogP contribution in [0.25, 0.3) is 12.2 Å². The zero-order valence-corrected chi connectivity index (χ0v) is 15.5. The van der Waals surface area contributed by atoms with Crippen LogP contribution in [-0.2, 0) is 4.79 Å². The first-order valence-electron chi connectivity index (χ1n) is 7.83. The van der Waals surface area contributed by atoms with E-state index in [4.69, 9.17) is 12.2 Å². The highest BCUT2D eigenvalue weighted by Crippen LogP contribution is 2.33. The number of hydrogen-bond donors (Lipinski definition) is 0. The number of carbonyl (C=O) groups excluding carboxylic acids is 1. The van der Waals surface area contributed by atoms with Crippen molar-refractivity contribution in [2.24, 2.45) is 5.10 Å². The van der Waals surface area contributed by atoms with Gasteiger partial charge in [0.1, 0.15) is 0 Å². The van der Waals surface area contributed by atoms with Crippen LogP contribution < -0.4 is 0 Å². The molecule has 0 unspecified atom stereocenters. The van der Waals surface area contributed by atoms with Crippen LogP contribution in [0.5, 0.6) is 0 Å². The molecule has 1 amide bonds. The van der Waals surface area contributed by atoms with Gasteiger partial charge in [-0.05, 0) is 35.5 Å². The number of nitrogens with zero attached hydrogens (tertiary/aromatic N) is 3. The summed E-state index contributed by atoms with van der Waals surface area (Å²) in [6, 6.07) is 15.7. The molecule has 1 saturated heterocycles. The van der Waals surface area contributed by atoms with E-state index < -0.39 is 4.92 Å². The van der Waals surface area contributed by atoms with E-state index in [1.165, 1.54) is 18.3 Å². The molecular weight excluding hydrogens is 382 g/mol. The third-order valence-corrected chi connectivity index (χ3v) is 4.79. The molecule has 1 fully saturated rings. The van der Waals surface area contributed by atoms with Crippen LogP contribution >= 0.6 is 24.0 Å². The Morgan fingerprint density at radius 2 is 1.85 bits per heavy atom. The lowest BCUT2D eigenvalue weighted by Crippen LogP contribution is -2.21. The van der Waals surface area contributed by atoms with E-state index in [1.54, 1.807) is 24.3 Å². The number of thiocarbonyl (C=S) groups is 1. The molecule has 2 aromatic carbocycles. The molecule has 134 valence electrons. The summed E-state index contributed by atoms with van der Waals surface area (Å²) in [4.78, 5) is 23.2. The third-order valence-electron chi connectivity index (χ3n) is 3.51. The van der Waals surface area contributed by atoms with E-state index in [1.807, 2.05) is 36.4 Å². The first-order chi connectivity index (χ1) is 13.0. The fourth-order valence-electron chi connectivity index (χ4n) is 2.26. The number of hydrogen-bond acceptors (Lipinski definition) is 6. The van der Waals surface area contributed by atoms with Crippen LogP contribution in [0, 0.1) is 10.1 Å². The van der Waals surface area contributed by atoms with Crippen molar-refractivity contribution in [3.05, 3.63) is 86.8 Å². The van der Waals surface area contributed by atoms with Gasteiger partial charge < -0.3 is 0 Å². The minimum absolute atomic E-state index is 0.0386. The molecule has 27 heavy (non-hydrogen) atoms. The topological polar surface area (TPSA) is 75.8 Å². The summed E-state index contributed by atoms with van der Waals surface area (Å²) in [6.45, 7) is 0. The van der Waals surface area contributed by atoms with Gasteiger partial charge in [-0.3, -0.25) is 14.9 Å². The fourth-order valence-corrected chi connectivity index (χ4v) is 3.43. The van der Waals surface area contributed by atoms with Crippen LogP contribution in [0.4, 0.5) is 5.69 Å². The van der Waals surface area contributed by atoms with Gasteiger partial charge in [0.2, 0.25) is 0 Å². The Labute approximate surface area is 165 Å². The molecule has 0 N–H and O–H groups in total. The van der Waals surface area contributed by atoms with Gasteiger partial charge >= 0.3 is 0 Å². The van der Waals surface area contributed by atoms with Crippen molar-refractivity contribution in [2.45, 2.75) is 0 Å². The van der Waals surface area contributed by atoms with Crippen molar-refractivity contribution < 1.29 is 9.72 Å². The average molecular weight is 395 g/mol. The largest absolute Gasteiger partial charge is 0.286 e. The molecule has 3 rings (SSSR count). The zero-order valence-electron chi connectivity index (χ0n) is 13.9. The van der Waals surface area contributed by atoms with Gasteiger partial charge in [0.05, 0.1) is 9.83 Å². The number of benzene rings is 2. The number of thioether (sulfide) groups is 1. The van der Waals surface area contributed by atoms with Crippen molar-refractivity contribution in [1.82, 2.24) is 5.01 Å². The number of nitro benzene ring substituents is 1. The second-order valence-electron chi connectivity index (χ2n) is 5.38. The molecule has 1 aliphatic rings. The summed E-state index contributed by atoms with van der Waals surface area (Å²) >= 11 is 6.31. The third kappa shape index (κ3) is 4.75. The molecule has 1 aliphatic heterocycles. The normalized spacial score (nSPS) is 16.1. The van der Waals surface area contributed by atoms with E-state index in [2.05, 4.69) is 5.10 Å². The highest BCUT2D eigenvalue weighted by Gasteiger charge is 2.32. The summed E-state index contributed by atoms with van der Waals surface area (Å²) in [5.74, 6) is -0.360. The van der Waals surface area contributed by atoms with Crippen molar-refractivity contribution in [2.75, 3.05) is 0 Å². The van der Waals surface area contributed by atoms with Gasteiger partial charge in [-0.2, -0.15) is 10.1 Å². The molecule has 2 aromatic rings. The quantitative estimate of drug-likeness (QED) is 0.245. The van der Waals surface area contributed by atoms with E-state index in [9.17, 15) is 14.9 Å². The summed E-state index contributed by atoms with van der Waals surface area (Å²) in [6.07, 6.45) is 6.65. The highest BCUT2D eigenvalue weighted by atomic mass is 32.2. The Kier molecular flexibility index (Phi) is 5.90. The molecular formula is C19H13N3O3S2. The smallest absolute Gasteiger partial charge is 0.266 e. The minimum atomic E-state index is -0.480. The summed E-state index contributed by atoms with van der Waals surface area (Å²) in [5.41, 5.74) is 1.53.